The van der Waals surface area contributed by atoms with E-state index in [1.807, 2.05) is 0 Å². The monoisotopic (exact) mass is 388 g/mol. The van der Waals surface area contributed by atoms with Crippen LogP contribution < -0.4 is 10.0 Å². The number of carbonyl (C=O) groups is 1. The van der Waals surface area contributed by atoms with Crippen LogP contribution in [0, 0.1) is 11.6 Å². The van der Waals surface area contributed by atoms with Crippen LogP contribution in [-0.4, -0.2) is 14.3 Å². The zero-order valence-electron chi connectivity index (χ0n) is 13.8. The summed E-state index contributed by atoms with van der Waals surface area (Å²) in [6, 6.07) is 15.5. The lowest BCUT2D eigenvalue weighted by molar-refractivity contribution is 0.102. The van der Waals surface area contributed by atoms with E-state index in [1.54, 1.807) is 12.1 Å². The van der Waals surface area contributed by atoms with Gasteiger partial charge in [-0.2, -0.15) is 0 Å². The molecule has 3 aromatic rings. The minimum Gasteiger partial charge on any atom is -0.322 e. The third kappa shape index (κ3) is 4.48. The fourth-order valence-electron chi connectivity index (χ4n) is 2.32. The maximum atomic E-state index is 13.0. The Kier molecular flexibility index (Phi) is 5.18. The van der Waals surface area contributed by atoms with Gasteiger partial charge in [-0.15, -0.1) is 0 Å². The highest BCUT2D eigenvalue weighted by Gasteiger charge is 2.18. The van der Waals surface area contributed by atoms with Gasteiger partial charge in [-0.05, 0) is 60.7 Å². The number of rotatable bonds is 5. The van der Waals surface area contributed by atoms with Crippen molar-refractivity contribution in [1.82, 2.24) is 0 Å². The second kappa shape index (κ2) is 7.55. The standard InChI is InChI=1S/C19H14F2N2O3S/c20-13-5-9-15(10-6-13)22-19(24)17-3-1-2-4-18(17)23-27(25,26)16-11-7-14(21)8-12-16/h1-12,23H,(H,22,24). The van der Waals surface area contributed by atoms with Crippen molar-refractivity contribution in [2.24, 2.45) is 0 Å². The van der Waals surface area contributed by atoms with Gasteiger partial charge >= 0.3 is 0 Å². The van der Waals surface area contributed by atoms with Crippen LogP contribution in [0.4, 0.5) is 20.2 Å². The van der Waals surface area contributed by atoms with Gasteiger partial charge in [0.15, 0.2) is 0 Å². The zero-order chi connectivity index (χ0) is 19.4. The first kappa shape index (κ1) is 18.5. The van der Waals surface area contributed by atoms with Crippen molar-refractivity contribution in [2.75, 3.05) is 10.0 Å². The molecule has 0 heterocycles. The molecule has 0 radical (unpaired) electrons. The Morgan fingerprint density at radius 3 is 1.96 bits per heavy atom. The Bertz CT molecular complexity index is 1070. The lowest BCUT2D eigenvalue weighted by atomic mass is 10.1. The van der Waals surface area contributed by atoms with E-state index in [4.69, 9.17) is 0 Å². The van der Waals surface area contributed by atoms with Crippen LogP contribution >= 0.6 is 0 Å². The molecule has 0 unspecified atom stereocenters. The fourth-order valence-corrected chi connectivity index (χ4v) is 3.40. The molecule has 1 amide bonds. The zero-order valence-corrected chi connectivity index (χ0v) is 14.6. The summed E-state index contributed by atoms with van der Waals surface area (Å²) in [5, 5.41) is 2.57. The minimum absolute atomic E-state index is 0.0569. The van der Waals surface area contributed by atoms with Crippen molar-refractivity contribution in [3.63, 3.8) is 0 Å². The van der Waals surface area contributed by atoms with Crippen LogP contribution in [0.25, 0.3) is 0 Å². The summed E-state index contributed by atoms with van der Waals surface area (Å²) in [5.74, 6) is -1.58. The highest BCUT2D eigenvalue weighted by atomic mass is 32.2. The summed E-state index contributed by atoms with van der Waals surface area (Å²) in [6.07, 6.45) is 0. The normalized spacial score (nSPS) is 11.0. The van der Waals surface area contributed by atoms with Gasteiger partial charge in [-0.1, -0.05) is 12.1 Å². The maximum Gasteiger partial charge on any atom is 0.261 e. The van der Waals surface area contributed by atoms with Crippen molar-refractivity contribution in [3.8, 4) is 0 Å². The molecule has 5 nitrogen and oxygen atoms in total. The number of anilines is 2. The Labute approximate surface area is 154 Å². The van der Waals surface area contributed by atoms with Gasteiger partial charge in [-0.3, -0.25) is 9.52 Å². The molecule has 138 valence electrons. The average Bonchev–Trinajstić information content (AvgIpc) is 2.64. The molecular weight excluding hydrogens is 374 g/mol. The molecule has 0 aromatic heterocycles. The van der Waals surface area contributed by atoms with E-state index in [9.17, 15) is 22.0 Å². The predicted octanol–water partition coefficient (Wildman–Crippen LogP) is 4.02. The third-order valence-corrected chi connectivity index (χ3v) is 5.02. The average molecular weight is 388 g/mol. The summed E-state index contributed by atoms with van der Waals surface area (Å²) in [4.78, 5) is 12.4. The largest absolute Gasteiger partial charge is 0.322 e. The van der Waals surface area contributed by atoms with Crippen molar-refractivity contribution in [2.45, 2.75) is 4.90 Å². The molecule has 0 spiro atoms. The van der Waals surface area contributed by atoms with Crippen molar-refractivity contribution in [1.29, 1.82) is 0 Å². The van der Waals surface area contributed by atoms with Gasteiger partial charge in [-0.25, -0.2) is 17.2 Å². The first-order valence-corrected chi connectivity index (χ1v) is 9.28. The topological polar surface area (TPSA) is 75.3 Å². The van der Waals surface area contributed by atoms with E-state index in [0.717, 1.165) is 24.3 Å². The molecular formula is C19H14F2N2O3S. The number of hydrogen-bond donors (Lipinski definition) is 2. The van der Waals surface area contributed by atoms with E-state index in [-0.39, 0.29) is 16.1 Å². The van der Waals surface area contributed by atoms with E-state index >= 15 is 0 Å². The molecule has 27 heavy (non-hydrogen) atoms. The molecule has 8 heteroatoms. The van der Waals surface area contributed by atoms with E-state index in [1.165, 1.54) is 36.4 Å². The van der Waals surface area contributed by atoms with Crippen molar-refractivity contribution in [3.05, 3.63) is 90.0 Å². The second-order valence-electron chi connectivity index (χ2n) is 5.57. The number of carbonyl (C=O) groups excluding carboxylic acids is 1. The van der Waals surface area contributed by atoms with Crippen LogP contribution in [0.2, 0.25) is 0 Å². The first-order valence-electron chi connectivity index (χ1n) is 7.79. The van der Waals surface area contributed by atoms with Gasteiger partial charge in [0, 0.05) is 5.69 Å². The van der Waals surface area contributed by atoms with Crippen LogP contribution in [-0.2, 0) is 10.0 Å². The second-order valence-corrected chi connectivity index (χ2v) is 7.25. The highest BCUT2D eigenvalue weighted by Crippen LogP contribution is 2.22. The summed E-state index contributed by atoms with van der Waals surface area (Å²) in [7, 11) is -4.01. The number of sulfonamides is 1. The van der Waals surface area contributed by atoms with E-state index < -0.39 is 27.6 Å². The van der Waals surface area contributed by atoms with Crippen LogP contribution in [0.1, 0.15) is 10.4 Å². The van der Waals surface area contributed by atoms with Gasteiger partial charge in [0.05, 0.1) is 16.1 Å². The van der Waals surface area contributed by atoms with E-state index in [0.29, 0.717) is 5.69 Å². The number of benzene rings is 3. The number of halogens is 2. The molecule has 0 aliphatic rings. The van der Waals surface area contributed by atoms with Gasteiger partial charge in [0.2, 0.25) is 0 Å². The van der Waals surface area contributed by atoms with Crippen molar-refractivity contribution >= 4 is 27.3 Å². The lowest BCUT2D eigenvalue weighted by Crippen LogP contribution is -2.18. The summed E-state index contributed by atoms with van der Waals surface area (Å²) in [5.41, 5.74) is 0.492. The van der Waals surface area contributed by atoms with E-state index in [2.05, 4.69) is 10.0 Å². The number of nitrogens with one attached hydrogen (secondary N) is 2. The molecule has 2 N–H and O–H groups in total. The molecule has 0 saturated carbocycles. The number of para-hydroxylation sites is 1. The summed E-state index contributed by atoms with van der Waals surface area (Å²) >= 11 is 0. The molecule has 0 fully saturated rings. The Morgan fingerprint density at radius 2 is 1.33 bits per heavy atom. The Morgan fingerprint density at radius 1 is 0.778 bits per heavy atom. The van der Waals surface area contributed by atoms with Gasteiger partial charge in [0.1, 0.15) is 11.6 Å². The predicted molar refractivity (Wildman–Crippen MR) is 98.0 cm³/mol. The SMILES string of the molecule is O=C(Nc1ccc(F)cc1)c1ccccc1NS(=O)(=O)c1ccc(F)cc1. The van der Waals surface area contributed by atoms with Gasteiger partial charge in [0.25, 0.3) is 15.9 Å². The van der Waals surface area contributed by atoms with Crippen LogP contribution in [0.15, 0.2) is 77.7 Å². The molecule has 3 aromatic carbocycles. The Balaban J connectivity index is 1.86. The number of amides is 1. The smallest absolute Gasteiger partial charge is 0.261 e. The molecule has 3 rings (SSSR count). The van der Waals surface area contributed by atoms with Crippen molar-refractivity contribution < 1.29 is 22.0 Å². The molecule has 0 bridgehead atoms. The van der Waals surface area contributed by atoms with Gasteiger partial charge < -0.3 is 5.32 Å². The Hall–Kier alpha value is -3.26. The summed E-state index contributed by atoms with van der Waals surface area (Å²) < 4.78 is 53.3. The molecule has 0 aliphatic heterocycles. The molecule has 0 atom stereocenters. The minimum atomic E-state index is -4.01. The molecule has 0 saturated heterocycles. The fraction of sp³-hybridized carbons (Fsp3) is 0. The maximum absolute atomic E-state index is 13.0. The summed E-state index contributed by atoms with van der Waals surface area (Å²) in [6.45, 7) is 0. The van der Waals surface area contributed by atoms with Crippen LogP contribution in [0.5, 0.6) is 0 Å². The lowest BCUT2D eigenvalue weighted by Gasteiger charge is -2.13. The highest BCUT2D eigenvalue weighted by molar-refractivity contribution is 7.92. The third-order valence-electron chi connectivity index (χ3n) is 3.64. The number of hydrogen-bond acceptors (Lipinski definition) is 3. The quantitative estimate of drug-likeness (QED) is 0.693. The molecule has 0 aliphatic carbocycles. The first-order chi connectivity index (χ1) is 12.8. The van der Waals surface area contributed by atoms with Crippen LogP contribution in [0.3, 0.4) is 0 Å².